The molecule has 0 aromatic carbocycles. The van der Waals surface area contributed by atoms with Crippen molar-refractivity contribution >= 4 is 23.7 Å². The Bertz CT molecular complexity index is 1080. The van der Waals surface area contributed by atoms with E-state index in [9.17, 15) is 4.39 Å². The van der Waals surface area contributed by atoms with Gasteiger partial charge in [-0.1, -0.05) is 81.9 Å². The van der Waals surface area contributed by atoms with Gasteiger partial charge < -0.3 is 10.1 Å². The summed E-state index contributed by atoms with van der Waals surface area (Å²) in [6, 6.07) is 0. The summed E-state index contributed by atoms with van der Waals surface area (Å²) in [6.45, 7) is 25.4. The molecule has 4 nitrogen and oxygen atoms in total. The van der Waals surface area contributed by atoms with Crippen LogP contribution in [-0.2, 0) is 4.79 Å². The van der Waals surface area contributed by atoms with E-state index in [4.69, 9.17) is 9.90 Å². The average molecular weight is 539 g/mol. The molecule has 0 amide bonds. The van der Waals surface area contributed by atoms with E-state index in [2.05, 4.69) is 69.4 Å². The van der Waals surface area contributed by atoms with E-state index < -0.39 is 12.6 Å². The number of halogens is 1. The Kier molecular flexibility index (Phi) is 25.2. The first-order valence-electron chi connectivity index (χ1n) is 13.2. The molecule has 39 heavy (non-hydrogen) atoms. The maximum absolute atomic E-state index is 13.8. The molecule has 0 spiro atoms. The number of hydrogen-bond donors (Lipinski definition) is 2. The summed E-state index contributed by atoms with van der Waals surface area (Å²) in [5.41, 5.74) is 3.76. The zero-order valence-electron chi connectivity index (χ0n) is 25.5. The van der Waals surface area contributed by atoms with Gasteiger partial charge in [0.1, 0.15) is 12.5 Å². The third kappa shape index (κ3) is 18.3. The third-order valence-electron chi connectivity index (χ3n) is 5.60. The van der Waals surface area contributed by atoms with Gasteiger partial charge in [-0.05, 0) is 69.1 Å². The highest BCUT2D eigenvalue weighted by Crippen LogP contribution is 2.21. The highest BCUT2D eigenvalue weighted by atomic mass is 19.1. The second-order valence-corrected chi connectivity index (χ2v) is 8.99. The van der Waals surface area contributed by atoms with Crippen molar-refractivity contribution in [2.24, 2.45) is 11.8 Å². The van der Waals surface area contributed by atoms with Crippen LogP contribution in [0.3, 0.4) is 0 Å². The van der Waals surface area contributed by atoms with Crippen LogP contribution in [0.15, 0.2) is 66.8 Å². The lowest BCUT2D eigenvalue weighted by molar-refractivity contribution is -0.134. The molecule has 0 aliphatic rings. The Balaban J connectivity index is -0.00000145. The maximum atomic E-state index is 13.8. The minimum atomic E-state index is -0.833. The molecule has 1 unspecified atom stereocenters. The van der Waals surface area contributed by atoms with Crippen molar-refractivity contribution in [2.45, 2.75) is 74.7 Å². The average Bonchev–Trinajstić information content (AvgIpc) is 3.36. The summed E-state index contributed by atoms with van der Waals surface area (Å²) in [6.07, 6.45) is 25.0. The van der Waals surface area contributed by atoms with Gasteiger partial charge in [0, 0.05) is 6.92 Å². The number of terminal acetylenes is 1. The van der Waals surface area contributed by atoms with Crippen LogP contribution in [0, 0.1) is 24.7 Å². The van der Waals surface area contributed by atoms with Crippen LogP contribution in [0.1, 0.15) is 80.5 Å². The van der Waals surface area contributed by atoms with Crippen molar-refractivity contribution in [3.8, 4) is 12.8 Å². The first kappa shape index (κ1) is 39.9. The van der Waals surface area contributed by atoms with Crippen LogP contribution in [0.4, 0.5) is 4.39 Å². The Morgan fingerprint density at radius 3 is 2.03 bits per heavy atom. The Morgan fingerprint density at radius 2 is 1.62 bits per heavy atom. The van der Waals surface area contributed by atoms with E-state index in [-0.39, 0.29) is 0 Å². The monoisotopic (exact) mass is 538 g/mol. The predicted octanol–water partition coefficient (Wildman–Crippen LogP) is 7.97. The molecular formula is C34H51FN2O2. The van der Waals surface area contributed by atoms with Gasteiger partial charge in [0.25, 0.3) is 5.97 Å². The van der Waals surface area contributed by atoms with Crippen molar-refractivity contribution in [3.05, 3.63) is 83.4 Å². The van der Waals surface area contributed by atoms with E-state index in [1.807, 2.05) is 64.2 Å². The number of rotatable bonds is 11. The summed E-state index contributed by atoms with van der Waals surface area (Å²) >= 11 is 0. The number of aliphatic carboxylic acids is 1. The lowest BCUT2D eigenvalue weighted by atomic mass is 9.92. The van der Waals surface area contributed by atoms with E-state index in [0.717, 1.165) is 46.6 Å². The number of H-pyrrole nitrogens is 1. The van der Waals surface area contributed by atoms with E-state index in [1.165, 1.54) is 6.42 Å². The zero-order chi connectivity index (χ0) is 31.0. The molecule has 2 N–H and O–H groups in total. The number of alkyl halides is 1. The summed E-state index contributed by atoms with van der Waals surface area (Å²) in [5.74, 6) is 1.15. The quantitative estimate of drug-likeness (QED) is 0.171. The number of nitrogens with zero attached hydrogens (tertiary/aromatic N) is 1. The highest BCUT2D eigenvalue weighted by molar-refractivity contribution is 5.63. The Labute approximate surface area is 237 Å². The van der Waals surface area contributed by atoms with E-state index in [0.29, 0.717) is 23.8 Å². The topological polar surface area (TPSA) is 66.0 Å². The SMILES string of the molecule is C#C.C=C.C=C(\C=C/C(=C\C)C(=C/C/C=C(\C)c1nc(=C/C)/c(=C\C)[nH]1)/CF)C(C)CCC(C)C.CC(=O)O. The molecule has 1 rings (SSSR count). The summed E-state index contributed by atoms with van der Waals surface area (Å²) in [5, 5.41) is 9.39. The fourth-order valence-electron chi connectivity index (χ4n) is 3.27. The molecule has 0 saturated heterocycles. The van der Waals surface area contributed by atoms with Crippen molar-refractivity contribution in [3.63, 3.8) is 0 Å². The second-order valence-electron chi connectivity index (χ2n) is 8.99. The Morgan fingerprint density at radius 1 is 1.05 bits per heavy atom. The molecule has 0 bridgehead atoms. The normalized spacial score (nSPS) is 13.6. The minimum Gasteiger partial charge on any atom is -0.481 e. The highest BCUT2D eigenvalue weighted by Gasteiger charge is 2.07. The van der Waals surface area contributed by atoms with Gasteiger partial charge in [0.2, 0.25) is 0 Å². The molecule has 0 radical (unpaired) electrons. The number of allylic oxidation sites excluding steroid dienone is 9. The summed E-state index contributed by atoms with van der Waals surface area (Å²) in [4.78, 5) is 17.0. The summed E-state index contributed by atoms with van der Waals surface area (Å²) in [7, 11) is 0. The molecule has 0 saturated carbocycles. The smallest absolute Gasteiger partial charge is 0.300 e. The number of carboxylic acids is 1. The second kappa shape index (κ2) is 24.7. The van der Waals surface area contributed by atoms with Gasteiger partial charge in [-0.2, -0.15) is 0 Å². The largest absolute Gasteiger partial charge is 0.481 e. The van der Waals surface area contributed by atoms with Gasteiger partial charge in [-0.25, -0.2) is 9.37 Å². The van der Waals surface area contributed by atoms with E-state index in [1.54, 1.807) is 0 Å². The van der Waals surface area contributed by atoms with Crippen LogP contribution < -0.4 is 10.7 Å². The predicted molar refractivity (Wildman–Crippen MR) is 170 cm³/mol. The molecule has 1 atom stereocenters. The first-order chi connectivity index (χ1) is 18.5. The van der Waals surface area contributed by atoms with Gasteiger partial charge >= 0.3 is 0 Å². The molecule has 0 fully saturated rings. The van der Waals surface area contributed by atoms with Crippen molar-refractivity contribution in [1.29, 1.82) is 0 Å². The number of carboxylic acid groups (broad SMARTS) is 1. The van der Waals surface area contributed by atoms with E-state index >= 15 is 0 Å². The number of carbonyl (C=O) groups is 1. The number of nitrogens with one attached hydrogen (secondary N) is 1. The van der Waals surface area contributed by atoms with Crippen LogP contribution >= 0.6 is 0 Å². The first-order valence-corrected chi connectivity index (χ1v) is 13.2. The maximum Gasteiger partial charge on any atom is 0.300 e. The number of aromatic nitrogens is 2. The number of hydrogen-bond acceptors (Lipinski definition) is 2. The van der Waals surface area contributed by atoms with Crippen LogP contribution in [0.5, 0.6) is 0 Å². The molecule has 0 aliphatic carbocycles. The van der Waals surface area contributed by atoms with Gasteiger partial charge in [0.05, 0.1) is 10.7 Å². The molecule has 5 heteroatoms. The molecule has 216 valence electrons. The third-order valence-corrected chi connectivity index (χ3v) is 5.60. The molecular weight excluding hydrogens is 487 g/mol. The lowest BCUT2D eigenvalue weighted by Gasteiger charge is -2.13. The van der Waals surface area contributed by atoms with Gasteiger partial charge in [0.15, 0.2) is 0 Å². The fourth-order valence-corrected chi connectivity index (χ4v) is 3.27. The molecule has 1 heterocycles. The molecule has 0 aliphatic heterocycles. The molecule has 1 aromatic heterocycles. The fraction of sp³-hybridized carbons (Fsp3) is 0.412. The standard InChI is InChI=1S/C28H41FN2.C2H4O2.C2H4.C2H2/c1-9-24(18-17-22(7)21(6)16-15-20(4)5)25(19-29)14-12-13-23(8)28-30-26(10-2)27(11-3)31-28;1-2(3)4;2*1-2/h9-11,13-14,17-18,20-21H,7,12,15-16,19H2,1-6,8H3,(H,30,31);1H3,(H,3,4);1-2H2;1-2H/b18-17-,23-13+,24-9+,25-14+,26-10+,27-11+;;;. The molecule has 1 aromatic rings. The Hall–Kier alpha value is -3.65. The summed E-state index contributed by atoms with van der Waals surface area (Å²) < 4.78 is 13.8. The lowest BCUT2D eigenvalue weighted by Crippen LogP contribution is -2.23. The van der Waals surface area contributed by atoms with Gasteiger partial charge in [-0.15, -0.1) is 26.0 Å². The van der Waals surface area contributed by atoms with Crippen LogP contribution in [0.2, 0.25) is 0 Å². The van der Waals surface area contributed by atoms with Crippen molar-refractivity contribution < 1.29 is 14.3 Å². The number of imidazole rings is 1. The van der Waals surface area contributed by atoms with Crippen molar-refractivity contribution in [1.82, 2.24) is 9.97 Å². The van der Waals surface area contributed by atoms with Crippen LogP contribution in [-0.4, -0.2) is 27.7 Å². The van der Waals surface area contributed by atoms with Crippen molar-refractivity contribution in [2.75, 3.05) is 6.67 Å². The van der Waals surface area contributed by atoms with Gasteiger partial charge in [-0.3, -0.25) is 4.79 Å². The van der Waals surface area contributed by atoms with Crippen LogP contribution in [0.25, 0.3) is 17.7 Å². The zero-order valence-corrected chi connectivity index (χ0v) is 25.5. The number of aromatic amines is 1. The minimum absolute atomic E-state index is 0.434.